The van der Waals surface area contributed by atoms with Crippen molar-refractivity contribution in [2.45, 2.75) is 0 Å². The van der Waals surface area contributed by atoms with Crippen molar-refractivity contribution >= 4 is 40.8 Å². The lowest BCUT2D eigenvalue weighted by Gasteiger charge is -2.13. The molecule has 2 N–H and O–H groups in total. The molecule has 0 aliphatic carbocycles. The molecule has 164 valence electrons. The zero-order valence-corrected chi connectivity index (χ0v) is 17.6. The standard InChI is InChI=1S/C23H18ClFN2O5/c1-31-23(30)14-10-11-16(24)19(12-14)27-22(29)15-6-2-5-9-20(15)32-13-21(28)26-18-8-4-3-7-17(18)25/h2-12H,13H2,1H3,(H,26,28)(H,27,29). The molecule has 0 aliphatic heterocycles. The van der Waals surface area contributed by atoms with Gasteiger partial charge in [0.1, 0.15) is 11.6 Å². The molecule has 32 heavy (non-hydrogen) atoms. The van der Waals surface area contributed by atoms with Crippen LogP contribution in [0.1, 0.15) is 20.7 Å². The van der Waals surface area contributed by atoms with Gasteiger partial charge in [-0.15, -0.1) is 0 Å². The fourth-order valence-electron chi connectivity index (χ4n) is 2.73. The zero-order chi connectivity index (χ0) is 23.1. The highest BCUT2D eigenvalue weighted by Gasteiger charge is 2.17. The van der Waals surface area contributed by atoms with E-state index in [2.05, 4.69) is 15.4 Å². The molecule has 0 spiro atoms. The molecule has 2 amide bonds. The summed E-state index contributed by atoms with van der Waals surface area (Å²) in [5.41, 5.74) is 0.561. The highest BCUT2D eigenvalue weighted by Crippen LogP contribution is 2.26. The van der Waals surface area contributed by atoms with Gasteiger partial charge in [0.05, 0.1) is 34.6 Å². The van der Waals surface area contributed by atoms with E-state index in [0.29, 0.717) is 0 Å². The monoisotopic (exact) mass is 456 g/mol. The van der Waals surface area contributed by atoms with E-state index in [9.17, 15) is 18.8 Å². The van der Waals surface area contributed by atoms with Gasteiger partial charge in [0, 0.05) is 0 Å². The number of carbonyl (C=O) groups is 3. The maximum absolute atomic E-state index is 13.7. The number of para-hydroxylation sites is 2. The molecule has 0 radical (unpaired) electrons. The largest absolute Gasteiger partial charge is 0.483 e. The second-order valence-corrected chi connectivity index (χ2v) is 6.86. The van der Waals surface area contributed by atoms with Gasteiger partial charge in [0.25, 0.3) is 11.8 Å². The Morgan fingerprint density at radius 3 is 2.41 bits per heavy atom. The van der Waals surface area contributed by atoms with Crippen molar-refractivity contribution < 1.29 is 28.2 Å². The molecule has 3 aromatic rings. The fraction of sp³-hybridized carbons (Fsp3) is 0.0870. The Morgan fingerprint density at radius 2 is 1.66 bits per heavy atom. The van der Waals surface area contributed by atoms with Crippen LogP contribution in [0.5, 0.6) is 5.75 Å². The third-order valence-corrected chi connectivity index (χ3v) is 4.60. The third-order valence-electron chi connectivity index (χ3n) is 4.27. The smallest absolute Gasteiger partial charge is 0.337 e. The number of methoxy groups -OCH3 is 1. The zero-order valence-electron chi connectivity index (χ0n) is 16.9. The first-order valence-electron chi connectivity index (χ1n) is 9.34. The lowest BCUT2D eigenvalue weighted by atomic mass is 10.1. The molecule has 0 aliphatic rings. The first kappa shape index (κ1) is 22.8. The van der Waals surface area contributed by atoms with E-state index in [1.165, 1.54) is 55.6 Å². The molecular weight excluding hydrogens is 439 g/mol. The maximum Gasteiger partial charge on any atom is 0.337 e. The Bertz CT molecular complexity index is 1170. The summed E-state index contributed by atoms with van der Waals surface area (Å²) in [5.74, 6) is -2.19. The van der Waals surface area contributed by atoms with Crippen molar-refractivity contribution in [3.8, 4) is 5.75 Å². The van der Waals surface area contributed by atoms with E-state index in [1.807, 2.05) is 0 Å². The van der Waals surface area contributed by atoms with Gasteiger partial charge in [-0.05, 0) is 42.5 Å². The number of carbonyl (C=O) groups excluding carboxylic acids is 3. The average Bonchev–Trinajstić information content (AvgIpc) is 2.80. The lowest BCUT2D eigenvalue weighted by molar-refractivity contribution is -0.118. The van der Waals surface area contributed by atoms with Gasteiger partial charge in [0.2, 0.25) is 0 Å². The Morgan fingerprint density at radius 1 is 0.938 bits per heavy atom. The van der Waals surface area contributed by atoms with Gasteiger partial charge < -0.3 is 20.1 Å². The van der Waals surface area contributed by atoms with Crippen LogP contribution in [-0.4, -0.2) is 31.5 Å². The van der Waals surface area contributed by atoms with Crippen LogP contribution < -0.4 is 15.4 Å². The van der Waals surface area contributed by atoms with Crippen molar-refractivity contribution in [3.05, 3.63) is 88.7 Å². The number of hydrogen-bond donors (Lipinski definition) is 2. The van der Waals surface area contributed by atoms with Crippen LogP contribution in [0.15, 0.2) is 66.7 Å². The molecule has 0 aromatic heterocycles. The Balaban J connectivity index is 1.71. The van der Waals surface area contributed by atoms with Crippen LogP contribution in [0.2, 0.25) is 5.02 Å². The number of halogens is 2. The van der Waals surface area contributed by atoms with Crippen LogP contribution >= 0.6 is 11.6 Å². The number of anilines is 2. The Labute approximate surface area is 188 Å². The number of esters is 1. The molecule has 0 saturated heterocycles. The van der Waals surface area contributed by atoms with Crippen molar-refractivity contribution in [1.29, 1.82) is 0 Å². The number of ether oxygens (including phenoxy) is 2. The van der Waals surface area contributed by atoms with Gasteiger partial charge in [0.15, 0.2) is 6.61 Å². The van der Waals surface area contributed by atoms with Crippen molar-refractivity contribution in [2.24, 2.45) is 0 Å². The number of hydrogen-bond acceptors (Lipinski definition) is 5. The van der Waals surface area contributed by atoms with Crippen molar-refractivity contribution in [1.82, 2.24) is 0 Å². The van der Waals surface area contributed by atoms with E-state index in [-0.39, 0.29) is 33.3 Å². The molecule has 0 unspecified atom stereocenters. The van der Waals surface area contributed by atoms with Gasteiger partial charge in [-0.3, -0.25) is 9.59 Å². The third kappa shape index (κ3) is 5.61. The summed E-state index contributed by atoms with van der Waals surface area (Å²) in [6, 6.07) is 16.3. The van der Waals surface area contributed by atoms with Crippen LogP contribution in [0.25, 0.3) is 0 Å². The van der Waals surface area contributed by atoms with Crippen molar-refractivity contribution in [3.63, 3.8) is 0 Å². The summed E-state index contributed by atoms with van der Waals surface area (Å²) in [7, 11) is 1.24. The number of benzene rings is 3. The first-order valence-corrected chi connectivity index (χ1v) is 9.72. The van der Waals surface area contributed by atoms with E-state index in [1.54, 1.807) is 18.2 Å². The molecule has 0 heterocycles. The highest BCUT2D eigenvalue weighted by atomic mass is 35.5. The minimum atomic E-state index is -0.598. The fourth-order valence-corrected chi connectivity index (χ4v) is 2.89. The summed E-state index contributed by atoms with van der Waals surface area (Å²) in [5, 5.41) is 5.23. The van der Waals surface area contributed by atoms with Crippen LogP contribution in [0, 0.1) is 5.82 Å². The molecule has 7 nitrogen and oxygen atoms in total. The average molecular weight is 457 g/mol. The van der Waals surface area contributed by atoms with Crippen LogP contribution in [0.4, 0.5) is 15.8 Å². The lowest BCUT2D eigenvalue weighted by Crippen LogP contribution is -2.22. The molecule has 9 heteroatoms. The SMILES string of the molecule is COC(=O)c1ccc(Cl)c(NC(=O)c2ccccc2OCC(=O)Nc2ccccc2F)c1. The second kappa shape index (κ2) is 10.4. The summed E-state index contributed by atoms with van der Waals surface area (Å²) in [6.45, 7) is -0.447. The van der Waals surface area contributed by atoms with Crippen LogP contribution in [-0.2, 0) is 9.53 Å². The normalized spacial score (nSPS) is 10.2. The predicted molar refractivity (Wildman–Crippen MR) is 118 cm³/mol. The number of amides is 2. The number of nitrogens with one attached hydrogen (secondary N) is 2. The molecule has 0 fully saturated rings. The molecule has 3 aromatic carbocycles. The molecule has 3 rings (SSSR count). The first-order chi connectivity index (χ1) is 15.4. The summed E-state index contributed by atoms with van der Waals surface area (Å²) < 4.78 is 23.8. The minimum absolute atomic E-state index is 0.0206. The number of rotatable bonds is 7. The van der Waals surface area contributed by atoms with Crippen LogP contribution in [0.3, 0.4) is 0 Å². The van der Waals surface area contributed by atoms with E-state index in [0.717, 1.165) is 0 Å². The molecule has 0 saturated carbocycles. The second-order valence-electron chi connectivity index (χ2n) is 6.45. The van der Waals surface area contributed by atoms with Gasteiger partial charge >= 0.3 is 5.97 Å². The Kier molecular flexibility index (Phi) is 7.41. The van der Waals surface area contributed by atoms with Gasteiger partial charge in [-0.1, -0.05) is 35.9 Å². The topological polar surface area (TPSA) is 93.7 Å². The minimum Gasteiger partial charge on any atom is -0.483 e. The predicted octanol–water partition coefficient (Wildman–Crippen LogP) is 4.54. The summed E-state index contributed by atoms with van der Waals surface area (Å²) in [6.07, 6.45) is 0. The van der Waals surface area contributed by atoms with Gasteiger partial charge in [-0.25, -0.2) is 9.18 Å². The molecular formula is C23H18ClFN2O5. The Hall–Kier alpha value is -3.91. The summed E-state index contributed by atoms with van der Waals surface area (Å²) in [4.78, 5) is 36.7. The van der Waals surface area contributed by atoms with E-state index in [4.69, 9.17) is 16.3 Å². The summed E-state index contributed by atoms with van der Waals surface area (Å²) >= 11 is 6.13. The molecule has 0 bridgehead atoms. The van der Waals surface area contributed by atoms with Crippen molar-refractivity contribution in [2.75, 3.05) is 24.4 Å². The molecule has 0 atom stereocenters. The van der Waals surface area contributed by atoms with E-state index < -0.39 is 30.2 Å². The quantitative estimate of drug-likeness (QED) is 0.509. The maximum atomic E-state index is 13.7. The van der Waals surface area contributed by atoms with Gasteiger partial charge in [-0.2, -0.15) is 0 Å². The van der Waals surface area contributed by atoms with E-state index >= 15 is 0 Å². The highest BCUT2D eigenvalue weighted by molar-refractivity contribution is 6.34.